The van der Waals surface area contributed by atoms with Gasteiger partial charge in [-0.2, -0.15) is 0 Å². The average Bonchev–Trinajstić information content (AvgIpc) is 2.62. The molecule has 0 amide bonds. The zero-order valence-electron chi connectivity index (χ0n) is 15.2. The fourth-order valence-corrected chi connectivity index (χ4v) is 3.05. The molecule has 7 nitrogen and oxygen atoms in total. The lowest BCUT2D eigenvalue weighted by Gasteiger charge is -2.26. The molecule has 0 radical (unpaired) electrons. The third kappa shape index (κ3) is 4.29. The van der Waals surface area contributed by atoms with Crippen LogP contribution in [0, 0.1) is 5.41 Å². The quantitative estimate of drug-likeness (QED) is 0.417. The molecule has 0 saturated carbocycles. The lowest BCUT2D eigenvalue weighted by atomic mass is 10.1. The number of hydrogen-bond acceptors (Lipinski definition) is 6. The van der Waals surface area contributed by atoms with Gasteiger partial charge in [0.05, 0.1) is 11.4 Å². The van der Waals surface area contributed by atoms with E-state index in [1.54, 1.807) is 12.1 Å². The third-order valence-electron chi connectivity index (χ3n) is 4.34. The molecule has 1 aromatic heterocycles. The molecule has 1 aliphatic rings. The van der Waals surface area contributed by atoms with Crippen LogP contribution in [0.25, 0.3) is 11.3 Å². The van der Waals surface area contributed by atoms with Crippen LogP contribution in [0.1, 0.15) is 32.4 Å². The average molecular weight is 354 g/mol. The molecule has 138 valence electrons. The Labute approximate surface area is 153 Å². The maximum Gasteiger partial charge on any atom is 0.150 e. The highest BCUT2D eigenvalue weighted by molar-refractivity contribution is 6.00. The number of nitrogens with one attached hydrogen (secondary N) is 4. The highest BCUT2D eigenvalue weighted by Crippen LogP contribution is 2.29. The van der Waals surface area contributed by atoms with Gasteiger partial charge in [0.15, 0.2) is 5.69 Å². The molecule has 0 unspecified atom stereocenters. The van der Waals surface area contributed by atoms with Gasteiger partial charge in [0.25, 0.3) is 0 Å². The third-order valence-corrected chi connectivity index (χ3v) is 4.34. The lowest BCUT2D eigenvalue weighted by molar-refractivity contribution is 0.477. The zero-order valence-corrected chi connectivity index (χ0v) is 15.2. The maximum atomic E-state index is 10.1. The smallest absolute Gasteiger partial charge is 0.150 e. The van der Waals surface area contributed by atoms with Crippen LogP contribution in [0.5, 0.6) is 5.75 Å². The molecule has 0 bridgehead atoms. The van der Waals surface area contributed by atoms with Crippen LogP contribution in [0.15, 0.2) is 30.3 Å². The van der Waals surface area contributed by atoms with Gasteiger partial charge in [-0.05, 0) is 58.0 Å². The van der Waals surface area contributed by atoms with Gasteiger partial charge in [-0.15, -0.1) is 10.2 Å². The Morgan fingerprint density at radius 3 is 2.65 bits per heavy atom. The van der Waals surface area contributed by atoms with Crippen molar-refractivity contribution in [3.8, 4) is 17.0 Å². The van der Waals surface area contributed by atoms with Gasteiger partial charge in [-0.25, -0.2) is 0 Å². The molecule has 0 atom stereocenters. The molecule has 26 heavy (non-hydrogen) atoms. The summed E-state index contributed by atoms with van der Waals surface area (Å²) < 4.78 is 0. The zero-order chi connectivity index (χ0) is 18.5. The van der Waals surface area contributed by atoms with E-state index in [0.29, 0.717) is 23.0 Å². The first kappa shape index (κ1) is 18.1. The van der Waals surface area contributed by atoms with Crippen molar-refractivity contribution in [1.82, 2.24) is 20.8 Å². The summed E-state index contributed by atoms with van der Waals surface area (Å²) in [5.41, 5.74) is 2.48. The number of benzene rings is 1. The molecule has 2 heterocycles. The number of rotatable bonds is 5. The first-order valence-electron chi connectivity index (χ1n) is 9.03. The second-order valence-corrected chi connectivity index (χ2v) is 6.85. The molecule has 0 spiro atoms. The summed E-state index contributed by atoms with van der Waals surface area (Å²) in [6.07, 6.45) is 2.03. The Bertz CT molecular complexity index is 770. The van der Waals surface area contributed by atoms with E-state index in [-0.39, 0.29) is 17.6 Å². The normalized spacial score (nSPS) is 15.0. The number of para-hydroxylation sites is 1. The number of aromatic nitrogens is 2. The highest BCUT2D eigenvalue weighted by Gasteiger charge is 2.19. The fourth-order valence-electron chi connectivity index (χ4n) is 3.05. The van der Waals surface area contributed by atoms with Crippen molar-refractivity contribution in [1.29, 1.82) is 5.41 Å². The Hall–Kier alpha value is -2.67. The van der Waals surface area contributed by atoms with E-state index < -0.39 is 0 Å². The molecular weight excluding hydrogens is 328 g/mol. The minimum atomic E-state index is 0.133. The Morgan fingerprint density at radius 1 is 1.23 bits per heavy atom. The van der Waals surface area contributed by atoms with Crippen LogP contribution in [-0.4, -0.2) is 46.3 Å². The summed E-state index contributed by atoms with van der Waals surface area (Å²) in [5, 5.41) is 36.9. The lowest BCUT2D eigenvalue weighted by Crippen LogP contribution is -2.37. The minimum Gasteiger partial charge on any atom is -0.507 e. The number of piperidine rings is 1. The molecular formula is C19H26N6O. The van der Waals surface area contributed by atoms with Crippen LogP contribution < -0.4 is 16.0 Å². The molecule has 3 rings (SSSR count). The summed E-state index contributed by atoms with van der Waals surface area (Å²) in [4.78, 5) is 0. The SMILES string of the molecule is CC(C)NC(=N)c1nnc(-c2ccccc2O)cc1NC1CCNCC1. The molecule has 1 fully saturated rings. The van der Waals surface area contributed by atoms with Gasteiger partial charge in [0.1, 0.15) is 11.6 Å². The van der Waals surface area contributed by atoms with Crippen LogP contribution in [0.3, 0.4) is 0 Å². The molecule has 1 saturated heterocycles. The van der Waals surface area contributed by atoms with Crippen molar-refractivity contribution < 1.29 is 5.11 Å². The van der Waals surface area contributed by atoms with Crippen LogP contribution in [0.4, 0.5) is 5.69 Å². The van der Waals surface area contributed by atoms with Gasteiger partial charge in [0, 0.05) is 17.6 Å². The van der Waals surface area contributed by atoms with Crippen molar-refractivity contribution in [3.63, 3.8) is 0 Å². The van der Waals surface area contributed by atoms with Crippen LogP contribution >= 0.6 is 0 Å². The summed E-state index contributed by atoms with van der Waals surface area (Å²) in [6.45, 7) is 5.91. The topological polar surface area (TPSA) is 106 Å². The number of hydrogen-bond donors (Lipinski definition) is 5. The predicted octanol–water partition coefficient (Wildman–Crippen LogP) is 2.34. The van der Waals surface area contributed by atoms with Crippen LogP contribution in [0.2, 0.25) is 0 Å². The van der Waals surface area contributed by atoms with Gasteiger partial charge in [-0.1, -0.05) is 12.1 Å². The molecule has 1 aliphatic heterocycles. The summed E-state index contributed by atoms with van der Waals surface area (Å²) in [7, 11) is 0. The molecule has 2 aromatic rings. The van der Waals surface area contributed by atoms with Gasteiger partial charge in [-0.3, -0.25) is 5.41 Å². The Morgan fingerprint density at radius 2 is 1.96 bits per heavy atom. The maximum absolute atomic E-state index is 10.1. The van der Waals surface area contributed by atoms with E-state index in [1.165, 1.54) is 0 Å². The number of aromatic hydroxyl groups is 1. The predicted molar refractivity (Wildman–Crippen MR) is 104 cm³/mol. The number of nitrogens with zero attached hydrogens (tertiary/aromatic N) is 2. The van der Waals surface area contributed by atoms with Gasteiger partial charge >= 0.3 is 0 Å². The van der Waals surface area contributed by atoms with E-state index in [9.17, 15) is 5.11 Å². The van der Waals surface area contributed by atoms with E-state index in [2.05, 4.69) is 26.1 Å². The first-order chi connectivity index (χ1) is 12.5. The molecule has 1 aromatic carbocycles. The number of phenols is 1. The van der Waals surface area contributed by atoms with Crippen molar-refractivity contribution in [2.75, 3.05) is 18.4 Å². The van der Waals surface area contributed by atoms with Crippen molar-refractivity contribution >= 4 is 11.5 Å². The first-order valence-corrected chi connectivity index (χ1v) is 9.03. The van der Waals surface area contributed by atoms with E-state index in [0.717, 1.165) is 31.6 Å². The summed E-state index contributed by atoms with van der Waals surface area (Å²) in [5.74, 6) is 0.408. The van der Waals surface area contributed by atoms with E-state index >= 15 is 0 Å². The largest absolute Gasteiger partial charge is 0.507 e. The van der Waals surface area contributed by atoms with E-state index in [1.807, 2.05) is 32.0 Å². The highest BCUT2D eigenvalue weighted by atomic mass is 16.3. The van der Waals surface area contributed by atoms with Crippen molar-refractivity contribution in [3.05, 3.63) is 36.0 Å². The standard InChI is InChI=1S/C19H26N6O/c1-12(2)22-19(20)18-16(23-13-7-9-21-10-8-13)11-15(24-25-18)14-5-3-4-6-17(14)26/h3-6,11-13,21,26H,7-10H2,1-2H3,(H2,20,22)(H,23,24). The number of amidine groups is 1. The molecule has 5 N–H and O–H groups in total. The van der Waals surface area contributed by atoms with Crippen LogP contribution in [-0.2, 0) is 0 Å². The fraction of sp³-hybridized carbons (Fsp3) is 0.421. The number of anilines is 1. The van der Waals surface area contributed by atoms with E-state index in [4.69, 9.17) is 5.41 Å². The monoisotopic (exact) mass is 354 g/mol. The molecule has 0 aliphatic carbocycles. The molecule has 7 heteroatoms. The number of phenolic OH excluding ortho intramolecular Hbond substituents is 1. The summed E-state index contributed by atoms with van der Waals surface area (Å²) in [6, 6.07) is 9.40. The van der Waals surface area contributed by atoms with Crippen molar-refractivity contribution in [2.45, 2.75) is 38.8 Å². The second-order valence-electron chi connectivity index (χ2n) is 6.85. The Kier molecular flexibility index (Phi) is 5.68. The second kappa shape index (κ2) is 8.14. The van der Waals surface area contributed by atoms with Gasteiger partial charge in [0.2, 0.25) is 0 Å². The Balaban J connectivity index is 1.95. The summed E-state index contributed by atoms with van der Waals surface area (Å²) >= 11 is 0. The minimum absolute atomic E-state index is 0.133. The van der Waals surface area contributed by atoms with Crippen molar-refractivity contribution in [2.24, 2.45) is 0 Å². The van der Waals surface area contributed by atoms with Gasteiger partial charge < -0.3 is 21.1 Å².